The first-order valence-corrected chi connectivity index (χ1v) is 7.13. The van der Waals surface area contributed by atoms with E-state index < -0.39 is 0 Å². The van der Waals surface area contributed by atoms with Crippen LogP contribution in [0.4, 0.5) is 0 Å². The van der Waals surface area contributed by atoms with Gasteiger partial charge in [0, 0.05) is 19.6 Å². The molecule has 0 saturated carbocycles. The number of hydrazine groups is 1. The Hall–Kier alpha value is -0.900. The summed E-state index contributed by atoms with van der Waals surface area (Å²) in [6.45, 7) is 5.11. The van der Waals surface area contributed by atoms with Gasteiger partial charge in [0.1, 0.15) is 0 Å². The molecule has 1 aromatic rings. The van der Waals surface area contributed by atoms with Crippen LogP contribution in [-0.2, 0) is 6.42 Å². The molecule has 1 aliphatic heterocycles. The lowest BCUT2D eigenvalue weighted by Gasteiger charge is -2.31. The van der Waals surface area contributed by atoms with Crippen LogP contribution >= 0.6 is 0 Å². The maximum atomic E-state index is 5.90. The Morgan fingerprint density at radius 1 is 1.17 bits per heavy atom. The van der Waals surface area contributed by atoms with Crippen LogP contribution in [0, 0.1) is 0 Å². The van der Waals surface area contributed by atoms with E-state index in [-0.39, 0.29) is 6.04 Å². The summed E-state index contributed by atoms with van der Waals surface area (Å²) in [7, 11) is 0. The molecular formula is C15H25N3. The summed E-state index contributed by atoms with van der Waals surface area (Å²) >= 11 is 0. The van der Waals surface area contributed by atoms with Crippen molar-refractivity contribution < 1.29 is 0 Å². The number of nitrogens with zero attached hydrogens (tertiary/aromatic N) is 1. The average Bonchev–Trinajstić information content (AvgIpc) is 2.46. The minimum Gasteiger partial charge on any atom is -0.329 e. The predicted molar refractivity (Wildman–Crippen MR) is 76.2 cm³/mol. The van der Waals surface area contributed by atoms with E-state index in [1.165, 1.54) is 30.4 Å². The number of nitrogens with one attached hydrogen (secondary N) is 1. The molecule has 0 aromatic heterocycles. The molecule has 0 radical (unpaired) electrons. The Morgan fingerprint density at radius 3 is 2.39 bits per heavy atom. The number of hydrogen-bond donors (Lipinski definition) is 2. The van der Waals surface area contributed by atoms with Gasteiger partial charge in [0.2, 0.25) is 0 Å². The standard InChI is InChI=1S/C15H25N3/c1-2-13-6-8-14(9-7-13)15(12-16)17-18-10-4-3-5-11-18/h6-9,15,17H,2-5,10-12,16H2,1H3. The van der Waals surface area contributed by atoms with Crippen molar-refractivity contribution in [1.29, 1.82) is 0 Å². The molecule has 1 aromatic carbocycles. The Morgan fingerprint density at radius 2 is 1.83 bits per heavy atom. The van der Waals surface area contributed by atoms with Gasteiger partial charge >= 0.3 is 0 Å². The number of aryl methyl sites for hydroxylation is 1. The highest BCUT2D eigenvalue weighted by atomic mass is 15.5. The summed E-state index contributed by atoms with van der Waals surface area (Å²) in [4.78, 5) is 0. The van der Waals surface area contributed by atoms with Crippen molar-refractivity contribution in [3.05, 3.63) is 35.4 Å². The van der Waals surface area contributed by atoms with Crippen molar-refractivity contribution in [2.24, 2.45) is 5.73 Å². The Balaban J connectivity index is 1.97. The SMILES string of the molecule is CCc1ccc(C(CN)NN2CCCCC2)cc1. The average molecular weight is 247 g/mol. The molecule has 1 heterocycles. The molecule has 0 amide bonds. The highest BCUT2D eigenvalue weighted by Crippen LogP contribution is 2.16. The zero-order valence-corrected chi connectivity index (χ0v) is 11.4. The van der Waals surface area contributed by atoms with Gasteiger partial charge in [-0.1, -0.05) is 37.6 Å². The van der Waals surface area contributed by atoms with Gasteiger partial charge in [-0.05, 0) is 30.4 Å². The maximum absolute atomic E-state index is 5.90. The predicted octanol–water partition coefficient (Wildman–Crippen LogP) is 2.24. The quantitative estimate of drug-likeness (QED) is 0.838. The molecule has 1 fully saturated rings. The smallest absolute Gasteiger partial charge is 0.0587 e. The summed E-state index contributed by atoms with van der Waals surface area (Å²) in [5.41, 5.74) is 12.1. The van der Waals surface area contributed by atoms with Crippen LogP contribution in [0.5, 0.6) is 0 Å². The van der Waals surface area contributed by atoms with Crippen molar-refractivity contribution in [2.75, 3.05) is 19.6 Å². The van der Waals surface area contributed by atoms with Crippen molar-refractivity contribution in [3.63, 3.8) is 0 Å². The highest BCUT2D eigenvalue weighted by Gasteiger charge is 2.15. The van der Waals surface area contributed by atoms with Gasteiger partial charge in [-0.25, -0.2) is 10.4 Å². The fraction of sp³-hybridized carbons (Fsp3) is 0.600. The van der Waals surface area contributed by atoms with Gasteiger partial charge in [0.15, 0.2) is 0 Å². The number of hydrogen-bond acceptors (Lipinski definition) is 3. The van der Waals surface area contributed by atoms with Gasteiger partial charge in [0.25, 0.3) is 0 Å². The second-order valence-corrected chi connectivity index (χ2v) is 5.06. The summed E-state index contributed by atoms with van der Waals surface area (Å²) < 4.78 is 0. The fourth-order valence-corrected chi connectivity index (χ4v) is 2.49. The largest absolute Gasteiger partial charge is 0.329 e. The van der Waals surface area contributed by atoms with E-state index >= 15 is 0 Å². The lowest BCUT2D eigenvalue weighted by molar-refractivity contribution is 0.130. The minimum absolute atomic E-state index is 0.244. The Kier molecular flexibility index (Phi) is 5.17. The second-order valence-electron chi connectivity index (χ2n) is 5.06. The molecule has 3 nitrogen and oxygen atoms in total. The van der Waals surface area contributed by atoms with Crippen LogP contribution in [-0.4, -0.2) is 24.6 Å². The maximum Gasteiger partial charge on any atom is 0.0587 e. The van der Waals surface area contributed by atoms with Gasteiger partial charge in [-0.3, -0.25) is 0 Å². The van der Waals surface area contributed by atoms with E-state index in [2.05, 4.69) is 41.6 Å². The Bertz CT molecular complexity index is 341. The number of benzene rings is 1. The molecule has 18 heavy (non-hydrogen) atoms. The third kappa shape index (κ3) is 3.55. The van der Waals surface area contributed by atoms with Crippen LogP contribution in [0.1, 0.15) is 43.4 Å². The fourth-order valence-electron chi connectivity index (χ4n) is 2.49. The monoisotopic (exact) mass is 247 g/mol. The molecule has 1 saturated heterocycles. The zero-order valence-electron chi connectivity index (χ0n) is 11.4. The van der Waals surface area contributed by atoms with E-state index in [4.69, 9.17) is 5.73 Å². The molecule has 0 bridgehead atoms. The second kappa shape index (κ2) is 6.88. The van der Waals surface area contributed by atoms with Crippen LogP contribution in [0.2, 0.25) is 0 Å². The highest BCUT2D eigenvalue weighted by molar-refractivity contribution is 5.25. The summed E-state index contributed by atoms with van der Waals surface area (Å²) in [5.74, 6) is 0. The molecule has 3 heteroatoms. The van der Waals surface area contributed by atoms with Crippen LogP contribution in [0.3, 0.4) is 0 Å². The van der Waals surface area contributed by atoms with Crippen molar-refractivity contribution in [2.45, 2.75) is 38.6 Å². The van der Waals surface area contributed by atoms with Crippen LogP contribution in [0.25, 0.3) is 0 Å². The normalized spacial score (nSPS) is 18.8. The van der Waals surface area contributed by atoms with E-state index in [0.29, 0.717) is 6.54 Å². The molecule has 1 unspecified atom stereocenters. The van der Waals surface area contributed by atoms with Gasteiger partial charge in [0.05, 0.1) is 6.04 Å². The molecule has 1 atom stereocenters. The number of rotatable bonds is 5. The first-order valence-electron chi connectivity index (χ1n) is 7.13. The van der Waals surface area contributed by atoms with Crippen molar-refractivity contribution in [1.82, 2.24) is 10.4 Å². The number of piperidine rings is 1. The third-order valence-electron chi connectivity index (χ3n) is 3.72. The minimum atomic E-state index is 0.244. The molecule has 0 spiro atoms. The van der Waals surface area contributed by atoms with E-state index in [1.54, 1.807) is 0 Å². The lowest BCUT2D eigenvalue weighted by atomic mass is 10.0. The van der Waals surface area contributed by atoms with Crippen molar-refractivity contribution >= 4 is 0 Å². The van der Waals surface area contributed by atoms with E-state index in [0.717, 1.165) is 19.5 Å². The summed E-state index contributed by atoms with van der Waals surface area (Å²) in [5, 5.41) is 2.33. The summed E-state index contributed by atoms with van der Waals surface area (Å²) in [6, 6.07) is 9.06. The van der Waals surface area contributed by atoms with E-state index in [9.17, 15) is 0 Å². The number of nitrogens with two attached hydrogens (primary N) is 1. The van der Waals surface area contributed by atoms with E-state index in [1.807, 2.05) is 0 Å². The van der Waals surface area contributed by atoms with Gasteiger partial charge in [-0.15, -0.1) is 0 Å². The zero-order chi connectivity index (χ0) is 12.8. The van der Waals surface area contributed by atoms with Crippen molar-refractivity contribution in [3.8, 4) is 0 Å². The van der Waals surface area contributed by atoms with Gasteiger partial charge in [-0.2, -0.15) is 0 Å². The van der Waals surface area contributed by atoms with Crippen LogP contribution < -0.4 is 11.2 Å². The topological polar surface area (TPSA) is 41.3 Å². The molecule has 2 rings (SSSR count). The first kappa shape index (κ1) is 13.5. The van der Waals surface area contributed by atoms with Gasteiger partial charge < -0.3 is 5.73 Å². The lowest BCUT2D eigenvalue weighted by Crippen LogP contribution is -2.45. The summed E-state index contributed by atoms with van der Waals surface area (Å²) in [6.07, 6.45) is 5.03. The molecule has 0 aliphatic carbocycles. The molecule has 3 N–H and O–H groups in total. The third-order valence-corrected chi connectivity index (χ3v) is 3.72. The van der Waals surface area contributed by atoms with Crippen LogP contribution in [0.15, 0.2) is 24.3 Å². The molecule has 1 aliphatic rings. The molecule has 100 valence electrons. The molecular weight excluding hydrogens is 222 g/mol. The Labute approximate surface area is 110 Å². The first-order chi connectivity index (χ1) is 8.83.